The van der Waals surface area contributed by atoms with Crippen LogP contribution in [0.15, 0.2) is 54.6 Å². The van der Waals surface area contributed by atoms with Crippen LogP contribution in [0, 0.1) is 23.7 Å². The van der Waals surface area contributed by atoms with E-state index in [-0.39, 0.29) is 36.9 Å². The van der Waals surface area contributed by atoms with Crippen molar-refractivity contribution in [1.29, 1.82) is 0 Å². The van der Waals surface area contributed by atoms with Crippen LogP contribution in [-0.2, 0) is 38.1 Å². The van der Waals surface area contributed by atoms with E-state index in [1.54, 1.807) is 58.0 Å². The van der Waals surface area contributed by atoms with Crippen LogP contribution in [0.3, 0.4) is 0 Å². The van der Waals surface area contributed by atoms with Gasteiger partial charge < -0.3 is 28.6 Å². The Hall–Kier alpha value is -3.18. The van der Waals surface area contributed by atoms with Crippen LogP contribution in [-0.4, -0.2) is 91.5 Å². The van der Waals surface area contributed by atoms with Gasteiger partial charge in [-0.15, -0.1) is 6.58 Å². The number of ether oxygens (including phenoxy) is 5. The molecule has 2 aliphatic heterocycles. The molecule has 0 saturated carbocycles. The highest BCUT2D eigenvalue weighted by molar-refractivity contribution is 6.00. The average Bonchev–Trinajstić information content (AvgIpc) is 3.07. The fraction of sp³-hybridized carbons (Fsp3) is 0.641. The van der Waals surface area contributed by atoms with Gasteiger partial charge in [-0.05, 0) is 78.8 Å². The van der Waals surface area contributed by atoms with Crippen LogP contribution in [0.1, 0.15) is 85.0 Å². The first-order valence-electron chi connectivity index (χ1n) is 17.5. The second-order valence-corrected chi connectivity index (χ2v) is 14.3. The molecule has 11 atom stereocenters. The topological polar surface area (TPSA) is 118 Å². The van der Waals surface area contributed by atoms with Crippen LogP contribution < -0.4 is 0 Å². The number of cyclic esters (lactones) is 1. The maximum absolute atomic E-state index is 14.2. The average molecular weight is 684 g/mol. The SMILES string of the molecule is C=CCO[C@@]1(C)C[C@@H](C)C(=O)/C(C)=C/C(C)C(CC)OC(=O)C(C)C(=O)C(C)[C@H]1OC1OC(C)CC(N(C)C)[C@H]1OC(=O)c1ccccc1. The molecule has 3 rings (SSSR count). The van der Waals surface area contributed by atoms with E-state index in [2.05, 4.69) is 6.58 Å². The highest BCUT2D eigenvalue weighted by Crippen LogP contribution is 2.38. The van der Waals surface area contributed by atoms with Gasteiger partial charge in [-0.25, -0.2) is 4.79 Å². The zero-order valence-corrected chi connectivity index (χ0v) is 31.0. The third kappa shape index (κ3) is 9.96. The van der Waals surface area contributed by atoms with Gasteiger partial charge in [0.2, 0.25) is 0 Å². The molecule has 7 unspecified atom stereocenters. The second kappa shape index (κ2) is 17.7. The van der Waals surface area contributed by atoms with E-state index in [9.17, 15) is 19.2 Å². The van der Waals surface area contributed by atoms with Gasteiger partial charge in [0.15, 0.2) is 24.0 Å². The molecule has 0 bridgehead atoms. The van der Waals surface area contributed by atoms with Gasteiger partial charge >= 0.3 is 11.9 Å². The number of esters is 2. The van der Waals surface area contributed by atoms with Crippen LogP contribution in [0.2, 0.25) is 0 Å². The number of likely N-dealkylation sites (N-methyl/N-ethyl adjacent to an activating group) is 1. The predicted octanol–water partition coefficient (Wildman–Crippen LogP) is 5.98. The number of Topliss-reactive ketones (excluding diaryl/α,β-unsaturated/α-hetero) is 2. The molecule has 1 saturated heterocycles. The summed E-state index contributed by atoms with van der Waals surface area (Å²) in [5.41, 5.74) is -0.324. The van der Waals surface area contributed by atoms with Crippen LogP contribution in [0.4, 0.5) is 0 Å². The zero-order chi connectivity index (χ0) is 36.6. The van der Waals surface area contributed by atoms with Gasteiger partial charge in [-0.1, -0.05) is 58.0 Å². The molecule has 1 aromatic rings. The number of hydrogen-bond donors (Lipinski definition) is 0. The van der Waals surface area contributed by atoms with Crippen molar-refractivity contribution in [2.75, 3.05) is 20.7 Å². The number of benzene rings is 1. The molecule has 10 nitrogen and oxygen atoms in total. The lowest BCUT2D eigenvalue weighted by Crippen LogP contribution is -2.60. The highest BCUT2D eigenvalue weighted by atomic mass is 16.7. The minimum Gasteiger partial charge on any atom is -0.461 e. The second-order valence-electron chi connectivity index (χ2n) is 14.3. The summed E-state index contributed by atoms with van der Waals surface area (Å²) in [5, 5.41) is 0. The first-order valence-corrected chi connectivity index (χ1v) is 17.5. The standard InChI is InChI=1S/C39H57NO9/c1-12-19-45-39(9)22-25(5)32(41)24(4)20-23(3)31(13-2)47-36(43)28(8)33(42)27(7)35(39)49-38-34(30(40(10)11)21-26(6)46-38)48-37(44)29-17-15-14-16-18-29/h12,14-18,20,23,25-28,30-31,34-35,38H,1,13,19,21-22H2,2-11H3/b24-20+/t23?,25-,26?,27?,28?,30?,31?,34-,35-,38?,39+/m1/s1. The van der Waals surface area contributed by atoms with E-state index in [1.807, 2.05) is 58.8 Å². The number of nitrogens with zero attached hydrogens (tertiary/aromatic N) is 1. The van der Waals surface area contributed by atoms with Gasteiger partial charge in [0.1, 0.15) is 12.0 Å². The summed E-state index contributed by atoms with van der Waals surface area (Å²) in [6, 6.07) is 8.39. The summed E-state index contributed by atoms with van der Waals surface area (Å²) in [6.45, 7) is 18.3. The zero-order valence-electron chi connectivity index (χ0n) is 31.0. The molecule has 2 aliphatic rings. The van der Waals surface area contributed by atoms with Gasteiger partial charge in [0, 0.05) is 17.8 Å². The number of hydrogen-bond acceptors (Lipinski definition) is 10. The van der Waals surface area contributed by atoms with E-state index in [0.29, 0.717) is 24.0 Å². The van der Waals surface area contributed by atoms with E-state index in [0.717, 1.165) is 0 Å². The molecule has 1 aromatic carbocycles. The number of carbonyl (C=O) groups excluding carboxylic acids is 4. The summed E-state index contributed by atoms with van der Waals surface area (Å²) in [4.78, 5) is 56.9. The molecule has 49 heavy (non-hydrogen) atoms. The Balaban J connectivity index is 2.16. The maximum Gasteiger partial charge on any atom is 0.338 e. The summed E-state index contributed by atoms with van der Waals surface area (Å²) in [5.74, 6) is -4.47. The van der Waals surface area contributed by atoms with E-state index >= 15 is 0 Å². The Bertz CT molecular complexity index is 1340. The van der Waals surface area contributed by atoms with Crippen LogP contribution in [0.25, 0.3) is 0 Å². The summed E-state index contributed by atoms with van der Waals surface area (Å²) in [6.07, 6.45) is 0.837. The molecule has 272 valence electrons. The van der Waals surface area contributed by atoms with Crippen molar-refractivity contribution in [3.05, 3.63) is 60.2 Å². The maximum atomic E-state index is 14.2. The first-order chi connectivity index (χ1) is 23.0. The van der Waals surface area contributed by atoms with Gasteiger partial charge in [0.25, 0.3) is 0 Å². The normalized spacial score (nSPS) is 36.3. The minimum absolute atomic E-state index is 0.0884. The van der Waals surface area contributed by atoms with Crippen molar-refractivity contribution in [3.8, 4) is 0 Å². The van der Waals surface area contributed by atoms with Crippen molar-refractivity contribution in [2.24, 2.45) is 23.7 Å². The Morgan fingerprint density at radius 3 is 2.33 bits per heavy atom. The summed E-state index contributed by atoms with van der Waals surface area (Å²) in [7, 11) is 3.80. The quantitative estimate of drug-likeness (QED) is 0.175. The van der Waals surface area contributed by atoms with E-state index < -0.39 is 65.7 Å². The first kappa shape index (κ1) is 40.3. The third-order valence-corrected chi connectivity index (χ3v) is 9.92. The van der Waals surface area contributed by atoms with E-state index in [1.165, 1.54) is 0 Å². The molecule has 0 aliphatic carbocycles. The molecule has 0 aromatic heterocycles. The molecule has 10 heteroatoms. The molecule has 0 spiro atoms. The van der Waals surface area contributed by atoms with Crippen LogP contribution in [0.5, 0.6) is 0 Å². The fourth-order valence-electron chi connectivity index (χ4n) is 7.12. The lowest BCUT2D eigenvalue weighted by atomic mass is 9.77. The number of allylic oxidation sites excluding steroid dienone is 1. The van der Waals surface area contributed by atoms with Gasteiger partial charge in [-0.2, -0.15) is 0 Å². The smallest absolute Gasteiger partial charge is 0.338 e. The molecule has 1 fully saturated rings. The monoisotopic (exact) mass is 683 g/mol. The highest BCUT2D eigenvalue weighted by Gasteiger charge is 2.51. The molecule has 0 amide bonds. The van der Waals surface area contributed by atoms with Gasteiger partial charge in [0.05, 0.1) is 36.0 Å². The Labute approximate surface area is 292 Å². The Morgan fingerprint density at radius 2 is 1.73 bits per heavy atom. The largest absolute Gasteiger partial charge is 0.461 e. The van der Waals surface area contributed by atoms with Crippen molar-refractivity contribution < 1.29 is 42.9 Å². The number of ketones is 2. The van der Waals surface area contributed by atoms with Crippen molar-refractivity contribution in [3.63, 3.8) is 0 Å². The Morgan fingerprint density at radius 1 is 1.08 bits per heavy atom. The Kier molecular flexibility index (Phi) is 14.5. The van der Waals surface area contributed by atoms with Crippen molar-refractivity contribution in [2.45, 2.75) is 117 Å². The van der Waals surface area contributed by atoms with Crippen molar-refractivity contribution in [1.82, 2.24) is 4.90 Å². The molecular weight excluding hydrogens is 626 g/mol. The van der Waals surface area contributed by atoms with Gasteiger partial charge in [-0.3, -0.25) is 14.4 Å². The summed E-state index contributed by atoms with van der Waals surface area (Å²) >= 11 is 0. The summed E-state index contributed by atoms with van der Waals surface area (Å²) < 4.78 is 31.7. The van der Waals surface area contributed by atoms with E-state index in [4.69, 9.17) is 23.7 Å². The predicted molar refractivity (Wildman–Crippen MR) is 187 cm³/mol. The minimum atomic E-state index is -1.25. The lowest BCUT2D eigenvalue weighted by molar-refractivity contribution is -0.295. The lowest BCUT2D eigenvalue weighted by Gasteiger charge is -2.47. The third-order valence-electron chi connectivity index (χ3n) is 9.92. The molecular formula is C39H57NO9. The van der Waals surface area contributed by atoms with Crippen LogP contribution >= 0.6 is 0 Å². The molecule has 0 N–H and O–H groups in total. The number of carbonyl (C=O) groups is 4. The molecule has 2 heterocycles. The number of rotatable bonds is 9. The van der Waals surface area contributed by atoms with Crippen molar-refractivity contribution >= 4 is 23.5 Å². The fourth-order valence-corrected chi connectivity index (χ4v) is 7.12. The molecule has 0 radical (unpaired) electrons.